The number of ether oxygens (including phenoxy) is 2. The zero-order chi connectivity index (χ0) is 17.5. The Labute approximate surface area is 152 Å². The van der Waals surface area contributed by atoms with Gasteiger partial charge in [-0.05, 0) is 67.1 Å². The van der Waals surface area contributed by atoms with Crippen molar-refractivity contribution in [3.63, 3.8) is 0 Å². The van der Waals surface area contributed by atoms with E-state index in [9.17, 15) is 4.79 Å². The highest BCUT2D eigenvalue weighted by Crippen LogP contribution is 2.70. The monoisotopic (exact) mass is 346 g/mol. The summed E-state index contributed by atoms with van der Waals surface area (Å²) in [5.41, 5.74) is 0.690. The number of carbonyl (C=O) groups is 1. The van der Waals surface area contributed by atoms with Crippen molar-refractivity contribution in [3.8, 4) is 0 Å². The summed E-state index contributed by atoms with van der Waals surface area (Å²) in [4.78, 5) is 12.6. The molecule has 0 bridgehead atoms. The van der Waals surface area contributed by atoms with E-state index in [4.69, 9.17) is 9.47 Å². The van der Waals surface area contributed by atoms with Gasteiger partial charge < -0.3 is 9.47 Å². The van der Waals surface area contributed by atoms with E-state index < -0.39 is 0 Å². The van der Waals surface area contributed by atoms with Gasteiger partial charge in [0, 0.05) is 24.7 Å². The van der Waals surface area contributed by atoms with E-state index in [0.29, 0.717) is 22.5 Å². The van der Waals surface area contributed by atoms with Gasteiger partial charge in [-0.25, -0.2) is 0 Å². The molecule has 5 aliphatic rings. The highest BCUT2D eigenvalue weighted by atomic mass is 16.7. The molecule has 140 valence electrons. The summed E-state index contributed by atoms with van der Waals surface area (Å²) < 4.78 is 12.2. The average Bonchev–Trinajstić information content (AvgIpc) is 3.14. The molecule has 6 unspecified atom stereocenters. The van der Waals surface area contributed by atoms with Crippen LogP contribution in [0, 0.1) is 34.0 Å². The Kier molecular flexibility index (Phi) is 3.41. The van der Waals surface area contributed by atoms with E-state index in [1.165, 1.54) is 25.7 Å². The maximum absolute atomic E-state index is 12.6. The van der Waals surface area contributed by atoms with Crippen molar-refractivity contribution < 1.29 is 14.3 Å². The third kappa shape index (κ3) is 2.03. The largest absolute Gasteiger partial charge is 0.348 e. The first-order chi connectivity index (χ1) is 11.8. The molecule has 1 spiro atoms. The molecule has 0 aromatic rings. The summed E-state index contributed by atoms with van der Waals surface area (Å²) in [5.74, 6) is 2.48. The van der Waals surface area contributed by atoms with Crippen molar-refractivity contribution in [2.24, 2.45) is 34.0 Å². The van der Waals surface area contributed by atoms with Crippen LogP contribution in [0.15, 0.2) is 0 Å². The fraction of sp³-hybridized carbons (Fsp3) is 0.955. The summed E-state index contributed by atoms with van der Waals surface area (Å²) in [5, 5.41) is 0. The first-order valence-electron chi connectivity index (χ1n) is 10.6. The zero-order valence-electron chi connectivity index (χ0n) is 16.2. The Morgan fingerprint density at radius 1 is 0.880 bits per heavy atom. The minimum Gasteiger partial charge on any atom is -0.348 e. The van der Waals surface area contributed by atoms with Crippen LogP contribution < -0.4 is 0 Å². The molecule has 4 aliphatic carbocycles. The fourth-order valence-electron chi connectivity index (χ4n) is 8.12. The van der Waals surface area contributed by atoms with Crippen LogP contribution in [0.3, 0.4) is 0 Å². The van der Waals surface area contributed by atoms with Crippen LogP contribution in [0.5, 0.6) is 0 Å². The lowest BCUT2D eigenvalue weighted by molar-refractivity contribution is -0.256. The molecule has 1 saturated heterocycles. The predicted octanol–water partition coefficient (Wildman–Crippen LogP) is 4.73. The SMILES string of the molecule is CC12CCC3C(CCC4(C)CC5(CCC34C)OCCO5)C1CCC2=O. The molecule has 5 fully saturated rings. The number of hydrogen-bond donors (Lipinski definition) is 0. The van der Waals surface area contributed by atoms with Crippen molar-refractivity contribution in [3.05, 3.63) is 0 Å². The molecule has 1 aliphatic heterocycles. The van der Waals surface area contributed by atoms with Crippen molar-refractivity contribution in [2.75, 3.05) is 13.2 Å². The molecule has 0 aromatic heterocycles. The maximum atomic E-state index is 12.6. The van der Waals surface area contributed by atoms with Crippen LogP contribution in [-0.4, -0.2) is 24.8 Å². The van der Waals surface area contributed by atoms with Crippen LogP contribution in [-0.2, 0) is 14.3 Å². The summed E-state index contributed by atoms with van der Waals surface area (Å²) in [6.07, 6.45) is 10.3. The lowest BCUT2D eigenvalue weighted by Gasteiger charge is -2.65. The van der Waals surface area contributed by atoms with Crippen molar-refractivity contribution >= 4 is 5.78 Å². The number of carbonyl (C=O) groups excluding carboxylic acids is 1. The van der Waals surface area contributed by atoms with Crippen molar-refractivity contribution in [2.45, 2.75) is 84.3 Å². The Balaban J connectivity index is 1.46. The first-order valence-corrected chi connectivity index (χ1v) is 10.6. The molecule has 6 atom stereocenters. The quantitative estimate of drug-likeness (QED) is 0.636. The number of Topliss-reactive ketones (excluding diaryl/α,β-unsaturated/α-hetero) is 1. The number of rotatable bonds is 0. The van der Waals surface area contributed by atoms with Gasteiger partial charge in [-0.1, -0.05) is 20.8 Å². The van der Waals surface area contributed by atoms with Gasteiger partial charge in [-0.2, -0.15) is 0 Å². The Morgan fingerprint density at radius 3 is 2.40 bits per heavy atom. The minimum atomic E-state index is -0.284. The van der Waals surface area contributed by atoms with Gasteiger partial charge >= 0.3 is 0 Å². The molecular weight excluding hydrogens is 312 g/mol. The van der Waals surface area contributed by atoms with Crippen molar-refractivity contribution in [1.82, 2.24) is 0 Å². The highest BCUT2D eigenvalue weighted by molar-refractivity contribution is 5.87. The van der Waals surface area contributed by atoms with E-state index in [1.54, 1.807) is 0 Å². The highest BCUT2D eigenvalue weighted by Gasteiger charge is 2.65. The molecule has 4 saturated carbocycles. The molecule has 0 amide bonds. The second-order valence-electron chi connectivity index (χ2n) is 10.6. The van der Waals surface area contributed by atoms with Gasteiger partial charge in [0.1, 0.15) is 5.78 Å². The maximum Gasteiger partial charge on any atom is 0.169 e. The summed E-state index contributed by atoms with van der Waals surface area (Å²) >= 11 is 0. The van der Waals surface area contributed by atoms with Gasteiger partial charge in [0.05, 0.1) is 13.2 Å². The van der Waals surface area contributed by atoms with Gasteiger partial charge in [0.2, 0.25) is 0 Å². The normalized spacial score (nSPS) is 54.2. The first kappa shape index (κ1) is 16.7. The lowest BCUT2D eigenvalue weighted by atomic mass is 9.40. The third-order valence-electron chi connectivity index (χ3n) is 9.87. The topological polar surface area (TPSA) is 35.5 Å². The van der Waals surface area contributed by atoms with E-state index in [0.717, 1.165) is 57.2 Å². The lowest BCUT2D eigenvalue weighted by Crippen LogP contribution is -2.60. The van der Waals surface area contributed by atoms with Crippen molar-refractivity contribution in [1.29, 1.82) is 0 Å². The second-order valence-corrected chi connectivity index (χ2v) is 10.6. The zero-order valence-corrected chi connectivity index (χ0v) is 16.2. The van der Waals surface area contributed by atoms with Crippen LogP contribution in [0.4, 0.5) is 0 Å². The Morgan fingerprint density at radius 2 is 1.64 bits per heavy atom. The van der Waals surface area contributed by atoms with E-state index in [2.05, 4.69) is 20.8 Å². The summed E-state index contributed by atoms with van der Waals surface area (Å²) in [6, 6.07) is 0. The van der Waals surface area contributed by atoms with Gasteiger partial charge in [-0.3, -0.25) is 4.79 Å². The predicted molar refractivity (Wildman–Crippen MR) is 96.0 cm³/mol. The minimum absolute atomic E-state index is 0.00116. The molecule has 0 radical (unpaired) electrons. The van der Waals surface area contributed by atoms with E-state index in [1.807, 2.05) is 0 Å². The van der Waals surface area contributed by atoms with E-state index >= 15 is 0 Å². The molecule has 0 aromatic carbocycles. The summed E-state index contributed by atoms with van der Waals surface area (Å²) in [6.45, 7) is 8.91. The van der Waals surface area contributed by atoms with Crippen LogP contribution >= 0.6 is 0 Å². The van der Waals surface area contributed by atoms with E-state index in [-0.39, 0.29) is 11.2 Å². The molecular formula is C22H34O3. The standard InChI is InChI=1S/C22H34O3/c1-19-8-6-15-16-4-5-18(23)20(16,2)9-7-17(15)21(19,3)10-11-22(14-19)24-12-13-25-22/h15-17H,4-14H2,1-3H3. The van der Waals surface area contributed by atoms with Gasteiger partial charge in [0.25, 0.3) is 0 Å². The fourth-order valence-corrected chi connectivity index (χ4v) is 8.12. The summed E-state index contributed by atoms with van der Waals surface area (Å²) in [7, 11) is 0. The third-order valence-corrected chi connectivity index (χ3v) is 9.87. The Bertz CT molecular complexity index is 594. The molecule has 25 heavy (non-hydrogen) atoms. The molecule has 0 N–H and O–H groups in total. The Hall–Kier alpha value is -0.410. The molecule has 3 nitrogen and oxygen atoms in total. The van der Waals surface area contributed by atoms with Gasteiger partial charge in [-0.15, -0.1) is 0 Å². The number of fused-ring (bicyclic) bond motifs is 5. The van der Waals surface area contributed by atoms with Crippen LogP contribution in [0.1, 0.15) is 78.6 Å². The van der Waals surface area contributed by atoms with Gasteiger partial charge in [0.15, 0.2) is 5.79 Å². The van der Waals surface area contributed by atoms with Crippen LogP contribution in [0.2, 0.25) is 0 Å². The smallest absolute Gasteiger partial charge is 0.169 e. The molecule has 3 heteroatoms. The van der Waals surface area contributed by atoms with Crippen LogP contribution in [0.25, 0.3) is 0 Å². The molecule has 5 rings (SSSR count). The average molecular weight is 347 g/mol. The number of ketones is 1. The second kappa shape index (κ2) is 5.10. The molecule has 1 heterocycles. The number of hydrogen-bond acceptors (Lipinski definition) is 3.